The van der Waals surface area contributed by atoms with Gasteiger partial charge in [-0.05, 0) is 24.6 Å². The van der Waals surface area contributed by atoms with Crippen molar-refractivity contribution in [2.45, 2.75) is 19.6 Å². The van der Waals surface area contributed by atoms with Gasteiger partial charge >= 0.3 is 6.61 Å². The summed E-state index contributed by atoms with van der Waals surface area (Å²) in [6.45, 7) is 3.12. The van der Waals surface area contributed by atoms with Gasteiger partial charge in [0.15, 0.2) is 11.5 Å². The molecule has 1 N–H and O–H groups in total. The molecule has 0 aliphatic carbocycles. The molecule has 0 spiro atoms. The Morgan fingerprint density at radius 1 is 1.45 bits per heavy atom. The van der Waals surface area contributed by atoms with Crippen molar-refractivity contribution in [1.82, 2.24) is 5.32 Å². The molecule has 6 heteroatoms. The monoisotopic (exact) mass is 282 g/mol. The average molecular weight is 282 g/mol. The zero-order valence-electron chi connectivity index (χ0n) is 11.1. The van der Waals surface area contributed by atoms with E-state index in [1.807, 2.05) is 0 Å². The van der Waals surface area contributed by atoms with E-state index in [0.717, 1.165) is 0 Å². The number of hydrogen-bond acceptors (Lipinski definition) is 4. The third-order valence-corrected chi connectivity index (χ3v) is 2.41. The molecule has 0 bridgehead atoms. The Hall–Kier alpha value is -2.13. The number of ether oxygens (including phenoxy) is 2. The minimum absolute atomic E-state index is 0.0500. The summed E-state index contributed by atoms with van der Waals surface area (Å²) < 4.78 is 34.2. The quantitative estimate of drug-likeness (QED) is 0.745. The van der Waals surface area contributed by atoms with Crippen LogP contribution in [0.2, 0.25) is 0 Å². The molecule has 0 saturated heterocycles. The molecule has 1 rings (SSSR count). The molecule has 0 radical (unpaired) electrons. The fourth-order valence-electron chi connectivity index (χ4n) is 1.61. The maximum Gasteiger partial charge on any atom is 0.387 e. The summed E-state index contributed by atoms with van der Waals surface area (Å²) in [5.41, 5.74) is 0.611. The zero-order valence-corrected chi connectivity index (χ0v) is 11.1. The zero-order chi connectivity index (χ0) is 15.0. The molecule has 1 aromatic carbocycles. The van der Waals surface area contributed by atoms with Crippen LogP contribution in [0, 0.1) is 11.3 Å². The van der Waals surface area contributed by atoms with E-state index in [-0.39, 0.29) is 11.5 Å². The van der Waals surface area contributed by atoms with Crippen molar-refractivity contribution in [3.05, 3.63) is 36.4 Å². The second kappa shape index (κ2) is 8.12. The first-order chi connectivity index (χ1) is 9.62. The predicted molar refractivity (Wildman–Crippen MR) is 70.8 cm³/mol. The van der Waals surface area contributed by atoms with Crippen LogP contribution in [0.1, 0.15) is 18.5 Å². The normalized spacial score (nSPS) is 11.8. The van der Waals surface area contributed by atoms with Crippen LogP contribution >= 0.6 is 0 Å². The van der Waals surface area contributed by atoms with Crippen LogP contribution in [-0.4, -0.2) is 19.8 Å². The molecular formula is C14H16F2N2O2. The van der Waals surface area contributed by atoms with Crippen molar-refractivity contribution in [2.75, 3.05) is 13.2 Å². The minimum atomic E-state index is -2.93. The van der Waals surface area contributed by atoms with Gasteiger partial charge in [-0.15, -0.1) is 6.58 Å². The van der Waals surface area contributed by atoms with Gasteiger partial charge < -0.3 is 9.47 Å². The number of nitriles is 1. The molecule has 20 heavy (non-hydrogen) atoms. The fraction of sp³-hybridized carbons (Fsp3) is 0.357. The molecular weight excluding hydrogens is 266 g/mol. The smallest absolute Gasteiger partial charge is 0.387 e. The molecule has 1 unspecified atom stereocenters. The van der Waals surface area contributed by atoms with Gasteiger partial charge in [0, 0.05) is 6.54 Å². The number of halogens is 2. The minimum Gasteiger partial charge on any atom is -0.490 e. The van der Waals surface area contributed by atoms with Crippen LogP contribution in [0.25, 0.3) is 0 Å². The summed E-state index contributed by atoms with van der Waals surface area (Å²) >= 11 is 0. The van der Waals surface area contributed by atoms with E-state index < -0.39 is 12.7 Å². The molecule has 0 aliphatic heterocycles. The van der Waals surface area contributed by atoms with Crippen LogP contribution in [-0.2, 0) is 0 Å². The second-order valence-electron chi connectivity index (χ2n) is 3.78. The van der Waals surface area contributed by atoms with Gasteiger partial charge in [0.2, 0.25) is 0 Å². The Morgan fingerprint density at radius 3 is 2.75 bits per heavy atom. The lowest BCUT2D eigenvalue weighted by Crippen LogP contribution is -2.19. The molecule has 1 aromatic rings. The van der Waals surface area contributed by atoms with Gasteiger partial charge in [0.1, 0.15) is 6.04 Å². The molecule has 0 aliphatic rings. The maximum atomic E-state index is 12.3. The van der Waals surface area contributed by atoms with Gasteiger partial charge in [0.25, 0.3) is 0 Å². The lowest BCUT2D eigenvalue weighted by atomic mass is 10.1. The van der Waals surface area contributed by atoms with Gasteiger partial charge in [-0.2, -0.15) is 14.0 Å². The fourth-order valence-corrected chi connectivity index (χ4v) is 1.61. The molecule has 1 atom stereocenters. The highest BCUT2D eigenvalue weighted by Crippen LogP contribution is 2.31. The molecule has 0 amide bonds. The first-order valence-corrected chi connectivity index (χ1v) is 6.07. The maximum absolute atomic E-state index is 12.3. The Morgan fingerprint density at radius 2 is 2.20 bits per heavy atom. The number of nitrogens with one attached hydrogen (secondary N) is 1. The third-order valence-electron chi connectivity index (χ3n) is 2.41. The van der Waals surface area contributed by atoms with E-state index in [0.29, 0.717) is 18.7 Å². The first-order valence-electron chi connectivity index (χ1n) is 6.07. The van der Waals surface area contributed by atoms with Crippen molar-refractivity contribution < 1.29 is 18.3 Å². The molecule has 4 nitrogen and oxygen atoms in total. The standard InChI is InChI=1S/C14H16F2N2O2/c1-3-7-18-11(9-17)10-5-6-12(20-14(15)16)13(8-10)19-4-2/h3,5-6,8,11,14,18H,1,4,7H2,2H3. The molecule has 0 heterocycles. The van der Waals surface area contributed by atoms with Crippen LogP contribution in [0.4, 0.5) is 8.78 Å². The summed E-state index contributed by atoms with van der Waals surface area (Å²) in [7, 11) is 0. The highest BCUT2D eigenvalue weighted by molar-refractivity contribution is 5.45. The van der Waals surface area contributed by atoms with Crippen molar-refractivity contribution in [1.29, 1.82) is 5.26 Å². The molecule has 0 fully saturated rings. The topological polar surface area (TPSA) is 54.3 Å². The van der Waals surface area contributed by atoms with E-state index in [9.17, 15) is 8.78 Å². The second-order valence-corrected chi connectivity index (χ2v) is 3.78. The van der Waals surface area contributed by atoms with Crippen molar-refractivity contribution in [2.24, 2.45) is 0 Å². The van der Waals surface area contributed by atoms with Gasteiger partial charge in [-0.25, -0.2) is 0 Å². The Bertz CT molecular complexity index is 487. The molecule has 0 saturated carbocycles. The van der Waals surface area contributed by atoms with Crippen LogP contribution < -0.4 is 14.8 Å². The lowest BCUT2D eigenvalue weighted by molar-refractivity contribution is -0.0514. The predicted octanol–water partition coefficient (Wildman–Crippen LogP) is 3.03. The molecule has 0 aromatic heterocycles. The van der Waals surface area contributed by atoms with Crippen LogP contribution in [0.5, 0.6) is 11.5 Å². The average Bonchev–Trinajstić information content (AvgIpc) is 2.42. The van der Waals surface area contributed by atoms with E-state index in [1.54, 1.807) is 19.1 Å². The highest BCUT2D eigenvalue weighted by atomic mass is 19.3. The van der Waals surface area contributed by atoms with Crippen LogP contribution in [0.15, 0.2) is 30.9 Å². The largest absolute Gasteiger partial charge is 0.490 e. The first kappa shape index (κ1) is 15.9. The number of rotatable bonds is 8. The summed E-state index contributed by atoms with van der Waals surface area (Å²) in [5.74, 6) is 0.136. The lowest BCUT2D eigenvalue weighted by Gasteiger charge is -2.15. The summed E-state index contributed by atoms with van der Waals surface area (Å²) in [6.07, 6.45) is 1.63. The molecule has 108 valence electrons. The number of alkyl halides is 2. The third kappa shape index (κ3) is 4.52. The van der Waals surface area contributed by atoms with Gasteiger partial charge in [-0.3, -0.25) is 5.32 Å². The Labute approximate surface area is 116 Å². The SMILES string of the molecule is C=CCNC(C#N)c1ccc(OC(F)F)c(OCC)c1. The highest BCUT2D eigenvalue weighted by Gasteiger charge is 2.15. The van der Waals surface area contributed by atoms with Crippen molar-refractivity contribution in [3.8, 4) is 17.6 Å². The summed E-state index contributed by atoms with van der Waals surface area (Å²) in [6, 6.07) is 5.94. The summed E-state index contributed by atoms with van der Waals surface area (Å²) in [5, 5.41) is 12.0. The van der Waals surface area contributed by atoms with Gasteiger partial charge in [0.05, 0.1) is 12.7 Å². The van der Waals surface area contributed by atoms with E-state index >= 15 is 0 Å². The Kier molecular flexibility index (Phi) is 6.47. The van der Waals surface area contributed by atoms with Crippen molar-refractivity contribution in [3.63, 3.8) is 0 Å². The number of benzene rings is 1. The Balaban J connectivity index is 3.01. The van der Waals surface area contributed by atoms with E-state index in [4.69, 9.17) is 10.00 Å². The number of hydrogen-bond donors (Lipinski definition) is 1. The number of nitrogens with zero attached hydrogens (tertiary/aromatic N) is 1. The summed E-state index contributed by atoms with van der Waals surface area (Å²) in [4.78, 5) is 0. The van der Waals surface area contributed by atoms with Crippen LogP contribution in [0.3, 0.4) is 0 Å². The van der Waals surface area contributed by atoms with E-state index in [1.165, 1.54) is 12.1 Å². The van der Waals surface area contributed by atoms with Gasteiger partial charge in [-0.1, -0.05) is 12.1 Å². The van der Waals surface area contributed by atoms with E-state index in [2.05, 4.69) is 22.7 Å². The van der Waals surface area contributed by atoms with Crippen molar-refractivity contribution >= 4 is 0 Å².